The van der Waals surface area contributed by atoms with Gasteiger partial charge < -0.3 is 9.26 Å². The zero-order chi connectivity index (χ0) is 11.4. The molecule has 1 fully saturated rings. The van der Waals surface area contributed by atoms with Crippen LogP contribution in [0.4, 0.5) is 0 Å². The molecule has 0 aromatic carbocycles. The SMILES string of the molecule is COC(=O)[C@H]1CCCN(Cc2ncon2)C1. The van der Waals surface area contributed by atoms with Gasteiger partial charge in [0.1, 0.15) is 0 Å². The first kappa shape index (κ1) is 11.1. The Balaban J connectivity index is 1.89. The van der Waals surface area contributed by atoms with Crippen LogP contribution < -0.4 is 0 Å². The van der Waals surface area contributed by atoms with Gasteiger partial charge in [0, 0.05) is 6.54 Å². The fourth-order valence-electron chi connectivity index (χ4n) is 2.02. The molecule has 1 atom stereocenters. The zero-order valence-corrected chi connectivity index (χ0v) is 9.26. The maximum atomic E-state index is 11.4. The van der Waals surface area contributed by atoms with Gasteiger partial charge in [-0.3, -0.25) is 9.69 Å². The quantitative estimate of drug-likeness (QED) is 0.696. The van der Waals surface area contributed by atoms with Crippen molar-refractivity contribution >= 4 is 5.97 Å². The summed E-state index contributed by atoms with van der Waals surface area (Å²) in [5, 5.41) is 3.76. The van der Waals surface area contributed by atoms with Gasteiger partial charge in [-0.05, 0) is 19.4 Å². The number of carbonyl (C=O) groups is 1. The third-order valence-corrected chi connectivity index (χ3v) is 2.81. The number of esters is 1. The summed E-state index contributed by atoms with van der Waals surface area (Å²) < 4.78 is 9.43. The molecule has 0 amide bonds. The minimum absolute atomic E-state index is 0.0225. The van der Waals surface area contributed by atoms with E-state index in [-0.39, 0.29) is 11.9 Å². The van der Waals surface area contributed by atoms with Gasteiger partial charge in [0.2, 0.25) is 6.39 Å². The molecule has 0 radical (unpaired) electrons. The topological polar surface area (TPSA) is 68.5 Å². The van der Waals surface area contributed by atoms with E-state index in [1.54, 1.807) is 0 Å². The standard InChI is InChI=1S/C10H15N3O3/c1-15-10(14)8-3-2-4-13(5-8)6-9-11-7-16-12-9/h7-8H,2-6H2,1H3/t8-/m0/s1. The molecule has 6 heteroatoms. The van der Waals surface area contributed by atoms with E-state index >= 15 is 0 Å². The normalized spacial score (nSPS) is 21.9. The van der Waals surface area contributed by atoms with Gasteiger partial charge in [0.15, 0.2) is 5.82 Å². The summed E-state index contributed by atoms with van der Waals surface area (Å²) in [4.78, 5) is 17.5. The van der Waals surface area contributed by atoms with Gasteiger partial charge >= 0.3 is 5.97 Å². The highest BCUT2D eigenvalue weighted by Gasteiger charge is 2.26. The van der Waals surface area contributed by atoms with Gasteiger partial charge in [-0.1, -0.05) is 5.16 Å². The van der Waals surface area contributed by atoms with Crippen LogP contribution in [-0.4, -0.2) is 41.2 Å². The minimum Gasteiger partial charge on any atom is -0.469 e. The lowest BCUT2D eigenvalue weighted by Crippen LogP contribution is -2.38. The van der Waals surface area contributed by atoms with Crippen molar-refractivity contribution in [3.8, 4) is 0 Å². The maximum Gasteiger partial charge on any atom is 0.309 e. The van der Waals surface area contributed by atoms with Gasteiger partial charge in [-0.2, -0.15) is 4.98 Å². The molecule has 88 valence electrons. The average Bonchev–Trinajstić information content (AvgIpc) is 2.81. The molecule has 0 spiro atoms. The number of aromatic nitrogens is 2. The van der Waals surface area contributed by atoms with Crippen LogP contribution in [-0.2, 0) is 16.1 Å². The van der Waals surface area contributed by atoms with E-state index in [2.05, 4.69) is 19.6 Å². The summed E-state index contributed by atoms with van der Waals surface area (Å²) in [6.07, 6.45) is 3.21. The molecule has 1 saturated heterocycles. The number of hydrogen-bond donors (Lipinski definition) is 0. The van der Waals surface area contributed by atoms with E-state index in [9.17, 15) is 4.79 Å². The van der Waals surface area contributed by atoms with Crippen molar-refractivity contribution in [2.45, 2.75) is 19.4 Å². The van der Waals surface area contributed by atoms with Crippen molar-refractivity contribution in [3.05, 3.63) is 12.2 Å². The summed E-state index contributed by atoms with van der Waals surface area (Å²) in [6.45, 7) is 2.30. The fraction of sp³-hybridized carbons (Fsp3) is 0.700. The minimum atomic E-state index is -0.127. The summed E-state index contributed by atoms with van der Waals surface area (Å²) >= 11 is 0. The molecule has 0 N–H and O–H groups in total. The molecule has 6 nitrogen and oxygen atoms in total. The van der Waals surface area contributed by atoms with E-state index < -0.39 is 0 Å². The van der Waals surface area contributed by atoms with Crippen LogP contribution in [0.15, 0.2) is 10.9 Å². The van der Waals surface area contributed by atoms with E-state index in [0.29, 0.717) is 18.9 Å². The van der Waals surface area contributed by atoms with Crippen molar-refractivity contribution in [2.75, 3.05) is 20.2 Å². The molecule has 0 aliphatic carbocycles. The third-order valence-electron chi connectivity index (χ3n) is 2.81. The van der Waals surface area contributed by atoms with Crippen molar-refractivity contribution < 1.29 is 14.1 Å². The first-order valence-electron chi connectivity index (χ1n) is 5.35. The Morgan fingerprint density at radius 2 is 2.62 bits per heavy atom. The second-order valence-electron chi connectivity index (χ2n) is 3.94. The van der Waals surface area contributed by atoms with Crippen LogP contribution in [0.2, 0.25) is 0 Å². The highest BCUT2D eigenvalue weighted by molar-refractivity contribution is 5.72. The molecule has 0 bridgehead atoms. The highest BCUT2D eigenvalue weighted by atomic mass is 16.5. The highest BCUT2D eigenvalue weighted by Crippen LogP contribution is 2.18. The molecule has 1 aliphatic heterocycles. The number of rotatable bonds is 3. The molecular formula is C10H15N3O3. The largest absolute Gasteiger partial charge is 0.469 e. The van der Waals surface area contributed by atoms with Crippen molar-refractivity contribution in [1.29, 1.82) is 0 Å². The average molecular weight is 225 g/mol. The maximum absolute atomic E-state index is 11.4. The molecule has 0 unspecified atom stereocenters. The van der Waals surface area contributed by atoms with Crippen LogP contribution in [0.3, 0.4) is 0 Å². The predicted octanol–water partition coefficient (Wildman–Crippen LogP) is 0.455. The molecular weight excluding hydrogens is 210 g/mol. The van der Waals surface area contributed by atoms with E-state index in [1.807, 2.05) is 0 Å². The van der Waals surface area contributed by atoms with E-state index in [1.165, 1.54) is 13.5 Å². The Labute approximate surface area is 93.6 Å². The summed E-state index contributed by atoms with van der Waals surface area (Å²) in [7, 11) is 1.43. The summed E-state index contributed by atoms with van der Waals surface area (Å²) in [5.41, 5.74) is 0. The number of nitrogens with zero attached hydrogens (tertiary/aromatic N) is 3. The van der Waals surface area contributed by atoms with Gasteiger partial charge in [0.25, 0.3) is 0 Å². The van der Waals surface area contributed by atoms with Crippen molar-refractivity contribution in [3.63, 3.8) is 0 Å². The Bertz CT molecular complexity index is 339. The number of likely N-dealkylation sites (tertiary alicyclic amines) is 1. The van der Waals surface area contributed by atoms with Gasteiger partial charge in [-0.25, -0.2) is 0 Å². The number of ether oxygens (including phenoxy) is 1. The Kier molecular flexibility index (Phi) is 3.51. The first-order valence-corrected chi connectivity index (χ1v) is 5.35. The number of methoxy groups -OCH3 is 1. The van der Waals surface area contributed by atoms with Gasteiger partial charge in [0.05, 0.1) is 19.6 Å². The van der Waals surface area contributed by atoms with E-state index in [4.69, 9.17) is 4.74 Å². The Morgan fingerprint density at radius 1 is 1.75 bits per heavy atom. The molecule has 0 saturated carbocycles. The van der Waals surface area contributed by atoms with Crippen LogP contribution in [0.25, 0.3) is 0 Å². The summed E-state index contributed by atoms with van der Waals surface area (Å²) in [5.74, 6) is 0.508. The second kappa shape index (κ2) is 5.07. The van der Waals surface area contributed by atoms with Crippen LogP contribution in [0.5, 0.6) is 0 Å². The number of hydrogen-bond acceptors (Lipinski definition) is 6. The Morgan fingerprint density at radius 3 is 3.31 bits per heavy atom. The smallest absolute Gasteiger partial charge is 0.309 e. The lowest BCUT2D eigenvalue weighted by Gasteiger charge is -2.30. The fourth-order valence-corrected chi connectivity index (χ4v) is 2.02. The first-order chi connectivity index (χ1) is 7.79. The molecule has 2 rings (SSSR count). The monoisotopic (exact) mass is 225 g/mol. The lowest BCUT2D eigenvalue weighted by atomic mass is 9.98. The van der Waals surface area contributed by atoms with Crippen LogP contribution in [0.1, 0.15) is 18.7 Å². The molecule has 1 aliphatic rings. The second-order valence-corrected chi connectivity index (χ2v) is 3.94. The Hall–Kier alpha value is -1.43. The van der Waals surface area contributed by atoms with Gasteiger partial charge in [-0.15, -0.1) is 0 Å². The van der Waals surface area contributed by atoms with Crippen molar-refractivity contribution in [2.24, 2.45) is 5.92 Å². The predicted molar refractivity (Wildman–Crippen MR) is 54.3 cm³/mol. The molecule has 1 aromatic heterocycles. The van der Waals surface area contributed by atoms with Crippen LogP contribution in [0, 0.1) is 5.92 Å². The molecule has 16 heavy (non-hydrogen) atoms. The van der Waals surface area contributed by atoms with Crippen molar-refractivity contribution in [1.82, 2.24) is 15.0 Å². The van der Waals surface area contributed by atoms with Crippen LogP contribution >= 0.6 is 0 Å². The lowest BCUT2D eigenvalue weighted by molar-refractivity contribution is -0.147. The number of piperidine rings is 1. The molecule has 2 heterocycles. The van der Waals surface area contributed by atoms with E-state index in [0.717, 1.165) is 19.4 Å². The zero-order valence-electron chi connectivity index (χ0n) is 9.26. The third kappa shape index (κ3) is 2.57. The molecule has 1 aromatic rings. The summed E-state index contributed by atoms with van der Waals surface area (Å²) in [6, 6.07) is 0. The number of carbonyl (C=O) groups excluding carboxylic acids is 1.